The van der Waals surface area contributed by atoms with Crippen LogP contribution in [0.3, 0.4) is 0 Å². The van der Waals surface area contributed by atoms with Gasteiger partial charge in [0.15, 0.2) is 0 Å². The van der Waals surface area contributed by atoms with Gasteiger partial charge in [0.05, 0.1) is 23.3 Å². The molecule has 2 aliphatic heterocycles. The summed E-state index contributed by atoms with van der Waals surface area (Å²) in [4.78, 5) is 11.2. The molecule has 0 N–H and O–H groups in total. The topological polar surface area (TPSA) is 71.8 Å². The van der Waals surface area contributed by atoms with E-state index in [2.05, 4.69) is 12.0 Å². The van der Waals surface area contributed by atoms with Gasteiger partial charge < -0.3 is 18.8 Å². The van der Waals surface area contributed by atoms with Gasteiger partial charge in [-0.05, 0) is 27.7 Å². The second-order valence-electron chi connectivity index (χ2n) is 8.88. The lowest BCUT2D eigenvalue weighted by molar-refractivity contribution is -0.157. The Hall–Kier alpha value is -1.09. The minimum Gasteiger partial charge on any atom is -0.463 e. The van der Waals surface area contributed by atoms with Crippen LogP contribution in [0, 0.1) is 11.8 Å². The molecule has 5 atom stereocenters. The van der Waals surface area contributed by atoms with Crippen LogP contribution in [-0.2, 0) is 23.6 Å². The molecule has 0 radical (unpaired) electrons. The number of alkyl halides is 1. The van der Waals surface area contributed by atoms with Crippen molar-refractivity contribution in [2.75, 3.05) is 6.61 Å². The number of carbonyl (C=O) groups excluding carboxylic acids is 1. The van der Waals surface area contributed by atoms with E-state index in [9.17, 15) is 4.79 Å². The molecule has 28 heavy (non-hydrogen) atoms. The maximum Gasteiger partial charge on any atom is 0.498 e. The number of esters is 1. The highest BCUT2D eigenvalue weighted by atomic mass is 35.5. The number of hydrogen-bond acceptors (Lipinski definition) is 6. The van der Waals surface area contributed by atoms with Crippen LogP contribution in [0.5, 0.6) is 0 Å². The fraction of sp³-hybridized carbons (Fsp3) is 0.789. The Labute approximate surface area is 172 Å². The van der Waals surface area contributed by atoms with Gasteiger partial charge in [0.1, 0.15) is 12.2 Å². The van der Waals surface area contributed by atoms with E-state index in [1.807, 2.05) is 45.5 Å². The number of carbonyl (C=O) groups is 1. The molecule has 2 fully saturated rings. The van der Waals surface area contributed by atoms with Crippen LogP contribution in [-0.4, -0.2) is 52.3 Å². The minimum atomic E-state index is -0.494. The predicted octanol–water partition coefficient (Wildman–Crippen LogP) is 2.52. The number of ether oxygens (including phenoxy) is 2. The molecule has 0 spiro atoms. The van der Waals surface area contributed by atoms with Gasteiger partial charge in [-0.1, -0.05) is 25.4 Å². The third kappa shape index (κ3) is 3.97. The lowest BCUT2D eigenvalue weighted by atomic mass is 9.81. The Morgan fingerprint density at radius 3 is 2.43 bits per heavy atom. The zero-order chi connectivity index (χ0) is 20.9. The largest absolute Gasteiger partial charge is 0.498 e. The first kappa shape index (κ1) is 21.6. The Morgan fingerprint density at radius 1 is 1.25 bits per heavy atom. The highest BCUT2D eigenvalue weighted by molar-refractivity contribution is 6.62. The zero-order valence-electron chi connectivity index (χ0n) is 17.6. The molecule has 0 saturated carbocycles. The van der Waals surface area contributed by atoms with Gasteiger partial charge >= 0.3 is 13.1 Å². The quantitative estimate of drug-likeness (QED) is 0.430. The minimum absolute atomic E-state index is 0.00650. The van der Waals surface area contributed by atoms with Crippen LogP contribution in [0.1, 0.15) is 54.5 Å². The fourth-order valence-corrected chi connectivity index (χ4v) is 4.04. The van der Waals surface area contributed by atoms with Gasteiger partial charge in [-0.3, -0.25) is 9.48 Å². The maximum atomic E-state index is 11.2. The van der Waals surface area contributed by atoms with Crippen molar-refractivity contribution in [3.8, 4) is 0 Å². The predicted molar refractivity (Wildman–Crippen MR) is 106 cm³/mol. The molecular weight excluding hydrogens is 382 g/mol. The summed E-state index contributed by atoms with van der Waals surface area (Å²) in [5.41, 5.74) is -0.441. The molecule has 0 aliphatic carbocycles. The van der Waals surface area contributed by atoms with Crippen LogP contribution in [0.2, 0.25) is 0 Å². The van der Waals surface area contributed by atoms with E-state index in [0.717, 1.165) is 5.46 Å². The summed E-state index contributed by atoms with van der Waals surface area (Å²) in [7, 11) is -0.465. The van der Waals surface area contributed by atoms with E-state index in [0.29, 0.717) is 0 Å². The van der Waals surface area contributed by atoms with Crippen molar-refractivity contribution in [3.05, 3.63) is 12.4 Å². The molecule has 1 aromatic heterocycles. The van der Waals surface area contributed by atoms with Crippen molar-refractivity contribution in [1.82, 2.24) is 9.78 Å². The molecule has 156 valence electrons. The number of nitrogens with zero attached hydrogens (tertiary/aromatic N) is 2. The van der Waals surface area contributed by atoms with E-state index in [-0.39, 0.29) is 36.6 Å². The summed E-state index contributed by atoms with van der Waals surface area (Å²) < 4.78 is 25.2. The Kier molecular flexibility index (Phi) is 5.89. The molecule has 1 aromatic rings. The monoisotopic (exact) mass is 412 g/mol. The Balaban J connectivity index is 1.80. The summed E-state index contributed by atoms with van der Waals surface area (Å²) in [6, 6.07) is -0.00650. The second-order valence-corrected chi connectivity index (χ2v) is 9.31. The Morgan fingerprint density at radius 2 is 1.86 bits per heavy atom. The summed E-state index contributed by atoms with van der Waals surface area (Å²) in [6.07, 6.45) is 3.44. The molecule has 0 aromatic carbocycles. The van der Waals surface area contributed by atoms with Crippen molar-refractivity contribution in [2.24, 2.45) is 11.8 Å². The van der Waals surface area contributed by atoms with Crippen LogP contribution in [0.15, 0.2) is 12.4 Å². The zero-order valence-corrected chi connectivity index (χ0v) is 18.4. The van der Waals surface area contributed by atoms with Gasteiger partial charge in [0, 0.05) is 36.6 Å². The van der Waals surface area contributed by atoms with E-state index in [1.54, 1.807) is 6.20 Å². The number of hydrogen-bond donors (Lipinski definition) is 0. The number of aromatic nitrogens is 2. The molecule has 3 rings (SSSR count). The van der Waals surface area contributed by atoms with Gasteiger partial charge in [-0.15, -0.1) is 0 Å². The summed E-state index contributed by atoms with van der Waals surface area (Å²) in [5, 5.41) is 4.58. The molecule has 2 aliphatic rings. The highest BCUT2D eigenvalue weighted by Gasteiger charge is 2.52. The van der Waals surface area contributed by atoms with Crippen molar-refractivity contribution in [2.45, 2.75) is 77.4 Å². The fourth-order valence-electron chi connectivity index (χ4n) is 3.76. The molecule has 2 saturated heterocycles. The normalized spacial score (nSPS) is 34.4. The Bertz CT molecular complexity index is 709. The molecule has 2 unspecified atom stereocenters. The van der Waals surface area contributed by atoms with Gasteiger partial charge in [-0.2, -0.15) is 5.10 Å². The van der Waals surface area contributed by atoms with Gasteiger partial charge in [0.2, 0.25) is 0 Å². The van der Waals surface area contributed by atoms with Crippen molar-refractivity contribution in [3.63, 3.8) is 0 Å². The first-order valence-corrected chi connectivity index (χ1v) is 10.2. The van der Waals surface area contributed by atoms with Gasteiger partial charge in [-0.25, -0.2) is 0 Å². The number of halogens is 1. The van der Waals surface area contributed by atoms with Gasteiger partial charge in [0.25, 0.3) is 0 Å². The summed E-state index contributed by atoms with van der Waals surface area (Å²) >= 11 is 6.44. The van der Waals surface area contributed by atoms with Crippen molar-refractivity contribution >= 4 is 30.2 Å². The van der Waals surface area contributed by atoms with Crippen molar-refractivity contribution in [1.29, 1.82) is 0 Å². The van der Waals surface area contributed by atoms with Crippen LogP contribution >= 0.6 is 11.6 Å². The van der Waals surface area contributed by atoms with Crippen LogP contribution in [0.4, 0.5) is 0 Å². The maximum absolute atomic E-state index is 11.2. The first-order chi connectivity index (χ1) is 12.9. The lowest BCUT2D eigenvalue weighted by Crippen LogP contribution is -2.47. The molecule has 7 nitrogen and oxygen atoms in total. The van der Waals surface area contributed by atoms with E-state index < -0.39 is 23.9 Å². The summed E-state index contributed by atoms with van der Waals surface area (Å²) in [5.74, 6) is -0.258. The lowest BCUT2D eigenvalue weighted by Gasteiger charge is -2.42. The third-order valence-electron chi connectivity index (χ3n) is 6.29. The SMILES string of the molecule is CC(=O)OCC1O[C@@H](Cl)C(C)[C@@H](n2cc(B3OC(C)(C)C(C)(C)O3)cn2)[C@H]1C. The van der Waals surface area contributed by atoms with E-state index in [4.69, 9.17) is 30.4 Å². The van der Waals surface area contributed by atoms with Crippen molar-refractivity contribution < 1.29 is 23.6 Å². The number of rotatable bonds is 4. The highest BCUT2D eigenvalue weighted by Crippen LogP contribution is 2.40. The summed E-state index contributed by atoms with van der Waals surface area (Å²) in [6.45, 7) is 13.8. The van der Waals surface area contributed by atoms with E-state index >= 15 is 0 Å². The average molecular weight is 413 g/mol. The standard InChI is InChI=1S/C19H30BClN2O5/c1-11-15(10-25-13(3)24)26-17(21)12(2)16(11)23-9-14(8-22-23)20-27-18(4,5)19(6,7)28-20/h8-9,11-12,15-17H,10H2,1-7H3/t11-,12?,15?,16-,17+/m0/s1. The van der Waals surface area contributed by atoms with Crippen LogP contribution < -0.4 is 5.46 Å². The molecular formula is C19H30BClN2O5. The van der Waals surface area contributed by atoms with E-state index in [1.165, 1.54) is 6.92 Å². The average Bonchev–Trinajstić information content (AvgIpc) is 3.13. The second kappa shape index (κ2) is 7.63. The third-order valence-corrected chi connectivity index (χ3v) is 6.79. The first-order valence-electron chi connectivity index (χ1n) is 9.75. The molecule has 0 bridgehead atoms. The molecule has 9 heteroatoms. The van der Waals surface area contributed by atoms with Crippen LogP contribution in [0.25, 0.3) is 0 Å². The molecule has 3 heterocycles. The smallest absolute Gasteiger partial charge is 0.463 e. The molecule has 0 amide bonds.